The molecule has 1 heterocycles. The number of ketones is 1. The molecule has 0 radical (unpaired) electrons. The van der Waals surface area contributed by atoms with Crippen LogP contribution in [0.1, 0.15) is 45.9 Å². The van der Waals surface area contributed by atoms with Crippen molar-refractivity contribution in [3.05, 3.63) is 65.0 Å². The Morgan fingerprint density at radius 3 is 2.56 bits per heavy atom. The van der Waals surface area contributed by atoms with Crippen LogP contribution >= 0.6 is 0 Å². The van der Waals surface area contributed by atoms with Crippen molar-refractivity contribution in [3.8, 4) is 0 Å². The summed E-state index contributed by atoms with van der Waals surface area (Å²) in [6, 6.07) is 7.58. The number of pyridine rings is 1. The van der Waals surface area contributed by atoms with Gasteiger partial charge in [0.2, 0.25) is 5.91 Å². The predicted octanol–water partition coefficient (Wildman–Crippen LogP) is 2.60. The topological polar surface area (TPSA) is 96.4 Å². The summed E-state index contributed by atoms with van der Waals surface area (Å²) in [6.45, 7) is 3.74. The highest BCUT2D eigenvalue weighted by Gasteiger charge is 2.22. The van der Waals surface area contributed by atoms with Gasteiger partial charge in [0.05, 0.1) is 0 Å². The molecule has 1 atom stereocenters. The molecular formula is C19H20N2O4. The summed E-state index contributed by atoms with van der Waals surface area (Å²) in [5.41, 5.74) is 2.80. The largest absolute Gasteiger partial charge is 0.479 e. The van der Waals surface area contributed by atoms with Crippen molar-refractivity contribution in [3.63, 3.8) is 0 Å². The third-order valence-electron chi connectivity index (χ3n) is 3.84. The van der Waals surface area contributed by atoms with Crippen molar-refractivity contribution < 1.29 is 19.5 Å². The van der Waals surface area contributed by atoms with Gasteiger partial charge in [-0.2, -0.15) is 0 Å². The van der Waals surface area contributed by atoms with Gasteiger partial charge in [0.1, 0.15) is 0 Å². The lowest BCUT2D eigenvalue weighted by atomic mass is 9.99. The maximum absolute atomic E-state index is 12.3. The molecule has 0 spiro atoms. The number of nitrogens with one attached hydrogen (secondary N) is 1. The van der Waals surface area contributed by atoms with E-state index in [0.29, 0.717) is 11.1 Å². The molecule has 2 aromatic rings. The average Bonchev–Trinajstić information content (AvgIpc) is 2.60. The zero-order valence-electron chi connectivity index (χ0n) is 14.2. The van der Waals surface area contributed by atoms with Gasteiger partial charge < -0.3 is 10.4 Å². The average molecular weight is 340 g/mol. The number of hydrogen-bond acceptors (Lipinski definition) is 4. The van der Waals surface area contributed by atoms with E-state index < -0.39 is 17.9 Å². The Bertz CT molecular complexity index is 787. The molecule has 1 unspecified atom stereocenters. The van der Waals surface area contributed by atoms with Gasteiger partial charge in [0.15, 0.2) is 11.8 Å². The number of Topliss-reactive ketones (excluding diaryl/α,β-unsaturated/α-hetero) is 1. The fourth-order valence-corrected chi connectivity index (χ4v) is 2.47. The number of rotatable bonds is 7. The maximum Gasteiger partial charge on any atom is 0.330 e. The van der Waals surface area contributed by atoms with Gasteiger partial charge in [-0.3, -0.25) is 14.6 Å². The molecule has 6 nitrogen and oxygen atoms in total. The van der Waals surface area contributed by atoms with Gasteiger partial charge in [0.25, 0.3) is 0 Å². The molecule has 0 aliphatic heterocycles. The Balaban J connectivity index is 1.98. The number of carboxylic acids is 1. The number of carbonyl (C=O) groups excluding carboxylic acids is 2. The summed E-state index contributed by atoms with van der Waals surface area (Å²) < 4.78 is 0. The Hall–Kier alpha value is -3.02. The highest BCUT2D eigenvalue weighted by atomic mass is 16.4. The molecule has 0 bridgehead atoms. The van der Waals surface area contributed by atoms with Gasteiger partial charge >= 0.3 is 5.97 Å². The summed E-state index contributed by atoms with van der Waals surface area (Å²) in [6.07, 6.45) is 2.86. The molecule has 2 N–H and O–H groups in total. The highest BCUT2D eigenvalue weighted by molar-refractivity contribution is 5.99. The first-order chi connectivity index (χ1) is 11.9. The number of aryl methyl sites for hydroxylation is 2. The highest BCUT2D eigenvalue weighted by Crippen LogP contribution is 2.15. The smallest absolute Gasteiger partial charge is 0.330 e. The second-order valence-corrected chi connectivity index (χ2v) is 5.87. The molecule has 0 aliphatic rings. The van der Waals surface area contributed by atoms with Crippen LogP contribution in [-0.2, 0) is 9.59 Å². The molecule has 6 heteroatoms. The predicted molar refractivity (Wildman–Crippen MR) is 92.2 cm³/mol. The van der Waals surface area contributed by atoms with Crippen LogP contribution in [0.3, 0.4) is 0 Å². The van der Waals surface area contributed by atoms with E-state index in [1.807, 2.05) is 26.0 Å². The molecular weight excluding hydrogens is 320 g/mol. The quantitative estimate of drug-likeness (QED) is 0.755. The SMILES string of the molecule is Cc1ccc(C)c(C(=O)CCC(=O)NC(C(=O)O)c2cccnc2)c1. The van der Waals surface area contributed by atoms with Crippen LogP contribution in [0.5, 0.6) is 0 Å². The first kappa shape index (κ1) is 18.3. The van der Waals surface area contributed by atoms with Crippen LogP contribution in [0.15, 0.2) is 42.7 Å². The number of benzene rings is 1. The van der Waals surface area contributed by atoms with Gasteiger partial charge in [-0.15, -0.1) is 0 Å². The molecule has 1 aromatic heterocycles. The Morgan fingerprint density at radius 2 is 1.92 bits per heavy atom. The first-order valence-corrected chi connectivity index (χ1v) is 7.91. The Labute approximate surface area is 145 Å². The van der Waals surface area contributed by atoms with Gasteiger partial charge in [0, 0.05) is 36.4 Å². The van der Waals surface area contributed by atoms with E-state index in [1.165, 1.54) is 12.4 Å². The number of carboxylic acid groups (broad SMARTS) is 1. The third-order valence-corrected chi connectivity index (χ3v) is 3.84. The molecule has 0 aliphatic carbocycles. The van der Waals surface area contributed by atoms with Crippen molar-refractivity contribution in [2.45, 2.75) is 32.7 Å². The van der Waals surface area contributed by atoms with E-state index in [0.717, 1.165) is 11.1 Å². The lowest BCUT2D eigenvalue weighted by Crippen LogP contribution is -2.34. The summed E-state index contributed by atoms with van der Waals surface area (Å²) >= 11 is 0. The second kappa shape index (κ2) is 8.19. The third kappa shape index (κ3) is 4.97. The fourth-order valence-electron chi connectivity index (χ4n) is 2.47. The van der Waals surface area contributed by atoms with Crippen molar-refractivity contribution in [2.24, 2.45) is 0 Å². The second-order valence-electron chi connectivity index (χ2n) is 5.87. The Morgan fingerprint density at radius 1 is 1.16 bits per heavy atom. The number of nitrogens with zero attached hydrogens (tertiary/aromatic N) is 1. The molecule has 2 rings (SSSR count). The van der Waals surface area contributed by atoms with Gasteiger partial charge in [-0.05, 0) is 31.5 Å². The van der Waals surface area contributed by atoms with Crippen LogP contribution in [0.4, 0.5) is 0 Å². The molecule has 1 amide bonds. The summed E-state index contributed by atoms with van der Waals surface area (Å²) in [5, 5.41) is 11.7. The standard InChI is InChI=1S/C19H20N2O4/c1-12-5-6-13(2)15(10-12)16(22)7-8-17(23)21-18(19(24)25)14-4-3-9-20-11-14/h3-6,9-11,18H,7-8H2,1-2H3,(H,21,23)(H,24,25). The number of hydrogen-bond donors (Lipinski definition) is 2. The molecule has 0 saturated carbocycles. The van der Waals surface area contributed by atoms with Crippen molar-refractivity contribution in [1.82, 2.24) is 10.3 Å². The summed E-state index contributed by atoms with van der Waals surface area (Å²) in [5.74, 6) is -1.80. The van der Waals surface area contributed by atoms with E-state index in [4.69, 9.17) is 0 Å². The van der Waals surface area contributed by atoms with Crippen LogP contribution in [0.2, 0.25) is 0 Å². The van der Waals surface area contributed by atoms with Gasteiger partial charge in [-0.1, -0.05) is 23.8 Å². The lowest BCUT2D eigenvalue weighted by Gasteiger charge is -2.14. The number of aliphatic carboxylic acids is 1. The van der Waals surface area contributed by atoms with Crippen molar-refractivity contribution in [2.75, 3.05) is 0 Å². The van der Waals surface area contributed by atoms with Crippen LogP contribution in [0, 0.1) is 13.8 Å². The van der Waals surface area contributed by atoms with E-state index in [1.54, 1.807) is 18.2 Å². The maximum atomic E-state index is 12.3. The summed E-state index contributed by atoms with van der Waals surface area (Å²) in [7, 11) is 0. The van der Waals surface area contributed by atoms with Crippen LogP contribution in [-0.4, -0.2) is 27.8 Å². The van der Waals surface area contributed by atoms with Gasteiger partial charge in [-0.25, -0.2) is 4.79 Å². The van der Waals surface area contributed by atoms with E-state index in [2.05, 4.69) is 10.3 Å². The fraction of sp³-hybridized carbons (Fsp3) is 0.263. The van der Waals surface area contributed by atoms with Crippen LogP contribution in [0.25, 0.3) is 0 Å². The number of aromatic nitrogens is 1. The van der Waals surface area contributed by atoms with E-state index in [-0.39, 0.29) is 18.6 Å². The van der Waals surface area contributed by atoms with E-state index >= 15 is 0 Å². The number of carbonyl (C=O) groups is 3. The first-order valence-electron chi connectivity index (χ1n) is 7.91. The molecule has 0 fully saturated rings. The monoisotopic (exact) mass is 340 g/mol. The summed E-state index contributed by atoms with van der Waals surface area (Å²) in [4.78, 5) is 39.6. The zero-order chi connectivity index (χ0) is 18.4. The van der Waals surface area contributed by atoms with Crippen LogP contribution < -0.4 is 5.32 Å². The Kier molecular flexibility index (Phi) is 6.00. The minimum atomic E-state index is -1.18. The molecule has 1 aromatic carbocycles. The van der Waals surface area contributed by atoms with E-state index in [9.17, 15) is 19.5 Å². The lowest BCUT2D eigenvalue weighted by molar-refractivity contribution is -0.142. The molecule has 25 heavy (non-hydrogen) atoms. The van der Waals surface area contributed by atoms with Crippen molar-refractivity contribution >= 4 is 17.7 Å². The number of amides is 1. The minimum absolute atomic E-state index is 0.0233. The molecule has 0 saturated heterocycles. The van der Waals surface area contributed by atoms with Crippen molar-refractivity contribution in [1.29, 1.82) is 0 Å². The minimum Gasteiger partial charge on any atom is -0.479 e. The molecule has 130 valence electrons. The zero-order valence-corrected chi connectivity index (χ0v) is 14.2. The normalized spacial score (nSPS) is 11.6.